The Morgan fingerprint density at radius 3 is 2.57 bits per heavy atom. The second-order valence-corrected chi connectivity index (χ2v) is 7.04. The van der Waals surface area contributed by atoms with Crippen LogP contribution in [0.1, 0.15) is 34.2 Å². The molecule has 1 N–H and O–H groups in total. The number of nitrogens with one attached hydrogen (secondary N) is 1. The minimum Gasteiger partial charge on any atom is -0.322 e. The number of amides is 2. The number of hydrogen-bond acceptors (Lipinski definition) is 5. The van der Waals surface area contributed by atoms with Crippen LogP contribution in [0, 0.1) is 13.8 Å². The minimum atomic E-state index is -0.510. The summed E-state index contributed by atoms with van der Waals surface area (Å²) in [5.41, 5.74) is 2.76. The third kappa shape index (κ3) is 4.60. The molecule has 0 aliphatic rings. The number of carbonyl (C=O) groups is 2. The molecule has 30 heavy (non-hydrogen) atoms. The van der Waals surface area contributed by atoms with Gasteiger partial charge in [-0.1, -0.05) is 6.07 Å². The molecule has 0 atom stereocenters. The van der Waals surface area contributed by atoms with Crippen LogP contribution in [0.2, 0.25) is 0 Å². The summed E-state index contributed by atoms with van der Waals surface area (Å²) in [5.74, 6) is -0.635. The largest absolute Gasteiger partial charge is 0.322 e. The number of aromatic nitrogens is 3. The molecule has 3 aromatic rings. The third-order valence-electron chi connectivity index (χ3n) is 4.73. The predicted molar refractivity (Wildman–Crippen MR) is 115 cm³/mol. The van der Waals surface area contributed by atoms with Crippen molar-refractivity contribution in [3.63, 3.8) is 0 Å². The van der Waals surface area contributed by atoms with E-state index in [0.29, 0.717) is 22.6 Å². The summed E-state index contributed by atoms with van der Waals surface area (Å²) in [4.78, 5) is 47.3. The first-order valence-corrected chi connectivity index (χ1v) is 9.39. The summed E-state index contributed by atoms with van der Waals surface area (Å²) in [6, 6.07) is 8.60. The van der Waals surface area contributed by atoms with Crippen LogP contribution < -0.4 is 15.8 Å². The normalized spacial score (nSPS) is 10.5. The SMILES string of the molecule is CC(=O)N(C)c1cccc(NC(=O)c2c(C)ccn(Cc3cnc(C)cn3)c2=O)c1. The summed E-state index contributed by atoms with van der Waals surface area (Å²) in [7, 11) is 1.65. The van der Waals surface area contributed by atoms with Crippen LogP contribution in [0.3, 0.4) is 0 Å². The zero-order valence-corrected chi connectivity index (χ0v) is 17.3. The molecule has 2 aromatic heterocycles. The molecule has 2 heterocycles. The summed E-state index contributed by atoms with van der Waals surface area (Å²) >= 11 is 0. The molecule has 0 fully saturated rings. The first kappa shape index (κ1) is 20.9. The Morgan fingerprint density at radius 2 is 1.90 bits per heavy atom. The highest BCUT2D eigenvalue weighted by Crippen LogP contribution is 2.19. The summed E-state index contributed by atoms with van der Waals surface area (Å²) in [6.07, 6.45) is 4.88. The molecule has 8 heteroatoms. The molecule has 0 aliphatic carbocycles. The van der Waals surface area contributed by atoms with E-state index in [9.17, 15) is 14.4 Å². The van der Waals surface area contributed by atoms with Crippen LogP contribution >= 0.6 is 0 Å². The molecule has 0 radical (unpaired) electrons. The second kappa shape index (κ2) is 8.69. The molecule has 0 aliphatic heterocycles. The van der Waals surface area contributed by atoms with Gasteiger partial charge in [-0.05, 0) is 43.7 Å². The van der Waals surface area contributed by atoms with E-state index in [1.807, 2.05) is 6.92 Å². The van der Waals surface area contributed by atoms with Gasteiger partial charge in [0.1, 0.15) is 5.56 Å². The number of nitrogens with zero attached hydrogens (tertiary/aromatic N) is 4. The maximum absolute atomic E-state index is 13.0. The topological polar surface area (TPSA) is 97.2 Å². The first-order valence-electron chi connectivity index (χ1n) is 9.39. The van der Waals surface area contributed by atoms with E-state index in [2.05, 4.69) is 15.3 Å². The van der Waals surface area contributed by atoms with Crippen molar-refractivity contribution in [2.24, 2.45) is 0 Å². The Labute approximate surface area is 174 Å². The highest BCUT2D eigenvalue weighted by atomic mass is 16.2. The standard InChI is InChI=1S/C22H23N5O3/c1-14-8-9-27(13-18-12-23-15(2)11-24-18)22(30)20(14)21(29)25-17-6-5-7-19(10-17)26(4)16(3)28/h5-12H,13H2,1-4H3,(H,25,29). The lowest BCUT2D eigenvalue weighted by Gasteiger charge is -2.16. The van der Waals surface area contributed by atoms with E-state index < -0.39 is 11.5 Å². The molecule has 154 valence electrons. The lowest BCUT2D eigenvalue weighted by atomic mass is 10.1. The quantitative estimate of drug-likeness (QED) is 0.704. The Kier molecular flexibility index (Phi) is 6.06. The lowest BCUT2D eigenvalue weighted by Crippen LogP contribution is -2.30. The first-order chi connectivity index (χ1) is 14.3. The molecule has 0 bridgehead atoms. The maximum Gasteiger partial charge on any atom is 0.264 e. The van der Waals surface area contributed by atoms with Gasteiger partial charge in [0, 0.05) is 37.7 Å². The summed E-state index contributed by atoms with van der Waals surface area (Å²) in [6.45, 7) is 5.22. The zero-order chi connectivity index (χ0) is 21.8. The molecule has 8 nitrogen and oxygen atoms in total. The van der Waals surface area contributed by atoms with Crippen LogP contribution in [0.5, 0.6) is 0 Å². The van der Waals surface area contributed by atoms with Crippen molar-refractivity contribution in [2.75, 3.05) is 17.3 Å². The van der Waals surface area contributed by atoms with Gasteiger partial charge < -0.3 is 14.8 Å². The Hall–Kier alpha value is -3.81. The van der Waals surface area contributed by atoms with E-state index in [-0.39, 0.29) is 18.0 Å². The van der Waals surface area contributed by atoms with Crippen LogP contribution in [-0.2, 0) is 11.3 Å². The summed E-state index contributed by atoms with van der Waals surface area (Å²) in [5, 5.41) is 2.75. The second-order valence-electron chi connectivity index (χ2n) is 7.04. The van der Waals surface area contributed by atoms with Gasteiger partial charge in [0.05, 0.1) is 24.1 Å². The van der Waals surface area contributed by atoms with Crippen molar-refractivity contribution >= 4 is 23.2 Å². The van der Waals surface area contributed by atoms with Crippen LogP contribution in [0.25, 0.3) is 0 Å². The molecule has 3 rings (SSSR count). The molecular formula is C22H23N5O3. The van der Waals surface area contributed by atoms with Gasteiger partial charge in [-0.25, -0.2) is 0 Å². The number of aryl methyl sites for hydroxylation is 2. The van der Waals surface area contributed by atoms with E-state index in [0.717, 1.165) is 5.69 Å². The van der Waals surface area contributed by atoms with Gasteiger partial charge in [0.15, 0.2) is 0 Å². The minimum absolute atomic E-state index is 0.0582. The van der Waals surface area contributed by atoms with E-state index in [4.69, 9.17) is 0 Å². The predicted octanol–water partition coefficient (Wildman–Crippen LogP) is 2.54. The van der Waals surface area contributed by atoms with Crippen LogP contribution in [-0.4, -0.2) is 33.4 Å². The number of pyridine rings is 1. The fraction of sp³-hybridized carbons (Fsp3) is 0.227. The number of rotatable bonds is 5. The van der Waals surface area contributed by atoms with Crippen LogP contribution in [0.15, 0.2) is 53.7 Å². The smallest absolute Gasteiger partial charge is 0.264 e. The van der Waals surface area contributed by atoms with Crippen molar-refractivity contribution in [1.29, 1.82) is 0 Å². The summed E-state index contributed by atoms with van der Waals surface area (Å²) < 4.78 is 1.43. The molecule has 0 spiro atoms. The van der Waals surface area contributed by atoms with Crippen molar-refractivity contribution in [3.8, 4) is 0 Å². The van der Waals surface area contributed by atoms with E-state index in [1.165, 1.54) is 16.4 Å². The van der Waals surface area contributed by atoms with E-state index in [1.54, 1.807) is 62.9 Å². The fourth-order valence-electron chi connectivity index (χ4n) is 2.91. The van der Waals surface area contributed by atoms with Gasteiger partial charge in [0.2, 0.25) is 5.91 Å². The molecule has 0 saturated carbocycles. The molecule has 2 amide bonds. The fourth-order valence-corrected chi connectivity index (χ4v) is 2.91. The number of hydrogen-bond donors (Lipinski definition) is 1. The van der Waals surface area contributed by atoms with Crippen molar-refractivity contribution < 1.29 is 9.59 Å². The van der Waals surface area contributed by atoms with Crippen molar-refractivity contribution in [2.45, 2.75) is 27.3 Å². The van der Waals surface area contributed by atoms with Crippen molar-refractivity contribution in [3.05, 3.63) is 81.8 Å². The maximum atomic E-state index is 13.0. The average Bonchev–Trinajstić information content (AvgIpc) is 2.71. The molecular weight excluding hydrogens is 382 g/mol. The van der Waals surface area contributed by atoms with Crippen LogP contribution in [0.4, 0.5) is 11.4 Å². The molecule has 0 unspecified atom stereocenters. The van der Waals surface area contributed by atoms with Gasteiger partial charge in [-0.2, -0.15) is 0 Å². The number of anilines is 2. The highest BCUT2D eigenvalue weighted by Gasteiger charge is 2.17. The molecule has 1 aromatic carbocycles. The number of benzene rings is 1. The lowest BCUT2D eigenvalue weighted by molar-refractivity contribution is -0.116. The Bertz CT molecular complexity index is 1150. The van der Waals surface area contributed by atoms with Gasteiger partial charge in [-0.15, -0.1) is 0 Å². The third-order valence-corrected chi connectivity index (χ3v) is 4.73. The Morgan fingerprint density at radius 1 is 1.13 bits per heavy atom. The van der Waals surface area contributed by atoms with Gasteiger partial charge in [0.25, 0.3) is 11.5 Å². The monoisotopic (exact) mass is 405 g/mol. The zero-order valence-electron chi connectivity index (χ0n) is 17.3. The number of carbonyl (C=O) groups excluding carboxylic acids is 2. The van der Waals surface area contributed by atoms with E-state index >= 15 is 0 Å². The van der Waals surface area contributed by atoms with Gasteiger partial charge in [-0.3, -0.25) is 24.4 Å². The average molecular weight is 405 g/mol. The Balaban J connectivity index is 1.87. The highest BCUT2D eigenvalue weighted by molar-refractivity contribution is 6.05. The van der Waals surface area contributed by atoms with Crippen molar-refractivity contribution in [1.82, 2.24) is 14.5 Å². The molecule has 0 saturated heterocycles. The van der Waals surface area contributed by atoms with Gasteiger partial charge >= 0.3 is 0 Å².